The number of rotatable bonds is 2. The van der Waals surface area contributed by atoms with E-state index in [1.165, 1.54) is 0 Å². The first-order chi connectivity index (χ1) is 5.64. The Hall–Kier alpha value is -1.65. The summed E-state index contributed by atoms with van der Waals surface area (Å²) in [5.74, 6) is -1.02. The van der Waals surface area contributed by atoms with E-state index in [1.807, 2.05) is 0 Å². The Morgan fingerprint density at radius 1 is 1.14 bits per heavy atom. The van der Waals surface area contributed by atoms with Crippen LogP contribution >= 0.6 is 0 Å². The topological polar surface area (TPSA) is 94.6 Å². The van der Waals surface area contributed by atoms with Crippen LogP contribution in [0.3, 0.4) is 0 Å². The first-order valence-corrected chi connectivity index (χ1v) is 2.48. The van der Waals surface area contributed by atoms with Gasteiger partial charge in [-0.3, -0.25) is 14.4 Å². The van der Waals surface area contributed by atoms with E-state index < -0.39 is 5.78 Å². The van der Waals surface area contributed by atoms with Gasteiger partial charge in [0.05, 0.1) is 0 Å². The van der Waals surface area contributed by atoms with E-state index >= 15 is 0 Å². The Morgan fingerprint density at radius 2 is 1.29 bits per heavy atom. The number of ketones is 1. The Balaban J connectivity index is -0.00000000879. The molecule has 0 aliphatic rings. The fourth-order valence-corrected chi connectivity index (χ4v) is 0.0278. The van der Waals surface area contributed by atoms with Gasteiger partial charge in [0.1, 0.15) is 0 Å². The van der Waals surface area contributed by atoms with E-state index in [2.05, 4.69) is 4.74 Å². The molecule has 0 saturated carbocycles. The smallest absolute Gasteiger partial charge is 0.373 e. The minimum atomic E-state index is -1.02. The molecule has 0 atom stereocenters. The number of aldehydes is 2. The van der Waals surface area contributed by atoms with Gasteiger partial charge in [0.15, 0.2) is 12.6 Å². The van der Waals surface area contributed by atoms with E-state index in [0.29, 0.717) is 0 Å². The molecule has 6 nitrogen and oxygen atoms in total. The molecule has 14 heavy (non-hydrogen) atoms. The summed E-state index contributed by atoms with van der Waals surface area (Å²) in [6.45, 7) is 0. The van der Waals surface area contributed by atoms with Crippen molar-refractivity contribution in [1.82, 2.24) is 0 Å². The van der Waals surface area contributed by atoms with Crippen molar-refractivity contribution in [3.8, 4) is 0 Å². The second-order valence-electron chi connectivity index (χ2n) is 1.13. The number of carbonyl (C=O) groups excluding carboxylic acids is 5. The predicted molar refractivity (Wildman–Crippen MR) is 57.0 cm³/mol. The minimum Gasteiger partial charge on any atom is -0.388 e. The van der Waals surface area contributed by atoms with Crippen LogP contribution in [-0.2, 0) is 28.7 Å². The molecule has 0 rings (SSSR count). The molecule has 0 aliphatic heterocycles. The summed E-state index contributed by atoms with van der Waals surface area (Å²) < 4.78 is 4.25. The van der Waals surface area contributed by atoms with Crippen LogP contribution in [0.2, 0.25) is 0 Å². The third-order valence-electron chi connectivity index (χ3n) is 0.232. The number of methoxy groups -OCH3 is 1. The first-order valence-electron chi connectivity index (χ1n) is 2.48. The van der Waals surface area contributed by atoms with E-state index in [0.717, 1.165) is 0 Å². The third kappa shape index (κ3) is 164. The monoisotopic (exact) mass is 216 g/mol. The molecule has 0 bridgehead atoms. The molecule has 0 spiro atoms. The summed E-state index contributed by atoms with van der Waals surface area (Å²) in [6, 6.07) is 0. The van der Waals surface area contributed by atoms with E-state index in [4.69, 9.17) is 19.2 Å². The van der Waals surface area contributed by atoms with E-state index in [9.17, 15) is 4.79 Å². The lowest BCUT2D eigenvalue weighted by atomic mass is 10.5. The highest BCUT2D eigenvalue weighted by Crippen LogP contribution is 1.45. The molecule has 0 aromatic rings. The number of hydrogen-bond acceptors (Lipinski definition) is 6. The summed E-state index contributed by atoms with van der Waals surface area (Å²) in [7, 11) is 3.25. The Kier molecular flexibility index (Phi) is 89.4. The van der Waals surface area contributed by atoms with Crippen molar-refractivity contribution in [2.45, 2.75) is 14.9 Å². The van der Waals surface area contributed by atoms with Crippen LogP contribution in [0.1, 0.15) is 20.6 Å². The molecule has 0 radical (unpaired) electrons. The van der Waals surface area contributed by atoms with Gasteiger partial charge in [0, 0.05) is 19.9 Å². The van der Waals surface area contributed by atoms with Gasteiger partial charge >= 0.3 is 6.15 Å². The molecule has 0 aliphatic carbocycles. The lowest BCUT2D eigenvalue weighted by molar-refractivity contribution is -0.191. The summed E-state index contributed by atoms with van der Waals surface area (Å²) in [5, 5.41) is 0. The summed E-state index contributed by atoms with van der Waals surface area (Å²) in [5.41, 5.74) is 0. The Bertz CT molecular complexity index is 161. The normalized spacial score (nSPS) is 4.71. The number of ether oxygens (including phenoxy) is 1. The van der Waals surface area contributed by atoms with Crippen molar-refractivity contribution in [2.75, 3.05) is 14.2 Å². The van der Waals surface area contributed by atoms with Gasteiger partial charge in [0.25, 0.3) is 5.78 Å². The van der Waals surface area contributed by atoms with E-state index in [1.54, 1.807) is 14.2 Å². The zero-order chi connectivity index (χ0) is 10.4. The van der Waals surface area contributed by atoms with E-state index in [-0.39, 0.29) is 39.3 Å². The summed E-state index contributed by atoms with van der Waals surface area (Å²) >= 11 is 0. The van der Waals surface area contributed by atoms with Crippen LogP contribution in [-0.4, -0.2) is 38.7 Å². The number of hydrogen-bond donors (Lipinski definition) is 0. The zero-order valence-electron chi connectivity index (χ0n) is 6.60. The average Bonchev–Trinajstić information content (AvgIpc) is 2.06. The standard InChI is InChI=1S/C3H2O3.C2H6O.CO2.2CH4.4H2/c4-1-3(6)2-5;1-3-2;2-1-3;;;;;;/h1-2H;1-2H3;;2*1H4;4*1H. The largest absolute Gasteiger partial charge is 0.388 e. The average molecular weight is 216 g/mol. The lowest BCUT2D eigenvalue weighted by Crippen LogP contribution is -1.97. The van der Waals surface area contributed by atoms with Crippen LogP contribution in [0.25, 0.3) is 0 Å². The maximum absolute atomic E-state index is 9.44. The molecular formula is C8H24O6. The molecule has 0 saturated heterocycles. The van der Waals surface area contributed by atoms with Crippen molar-refractivity contribution in [3.63, 3.8) is 0 Å². The SMILES string of the molecule is C.C.COC.O=C=O.O=CC(=O)C=O.[HH].[HH].[HH].[HH]. The first kappa shape index (κ1) is 29.4. The van der Waals surface area contributed by atoms with Gasteiger partial charge < -0.3 is 4.74 Å². The molecule has 0 N–H and O–H groups in total. The third-order valence-corrected chi connectivity index (χ3v) is 0.232. The molecule has 0 amide bonds. The van der Waals surface area contributed by atoms with Crippen molar-refractivity contribution in [2.24, 2.45) is 0 Å². The maximum atomic E-state index is 9.44. The van der Waals surface area contributed by atoms with Gasteiger partial charge in [-0.25, -0.2) is 0 Å². The van der Waals surface area contributed by atoms with Crippen molar-refractivity contribution in [1.29, 1.82) is 0 Å². The fourth-order valence-electron chi connectivity index (χ4n) is 0.0278. The highest BCUT2D eigenvalue weighted by Gasteiger charge is 1.87. The second kappa shape index (κ2) is 42.5. The Labute approximate surface area is 89.2 Å². The quantitative estimate of drug-likeness (QED) is 0.386. The van der Waals surface area contributed by atoms with Gasteiger partial charge in [-0.15, -0.1) is 0 Å². The zero-order valence-corrected chi connectivity index (χ0v) is 6.60. The molecule has 0 aromatic heterocycles. The van der Waals surface area contributed by atoms with Crippen LogP contribution in [0, 0.1) is 0 Å². The second-order valence-corrected chi connectivity index (χ2v) is 1.13. The molecule has 0 unspecified atom stereocenters. The van der Waals surface area contributed by atoms with Crippen molar-refractivity contribution >= 4 is 24.5 Å². The predicted octanol–water partition coefficient (Wildman–Crippen LogP) is 0.889. The molecular weight excluding hydrogens is 192 g/mol. The van der Waals surface area contributed by atoms with Crippen molar-refractivity contribution in [3.05, 3.63) is 0 Å². The molecule has 0 aromatic carbocycles. The fraction of sp³-hybridized carbons (Fsp3) is 0.500. The van der Waals surface area contributed by atoms with Crippen molar-refractivity contribution < 1.29 is 34.4 Å². The van der Waals surface area contributed by atoms with Gasteiger partial charge in [-0.05, 0) is 0 Å². The summed E-state index contributed by atoms with van der Waals surface area (Å²) in [6.07, 6.45) is 0.181. The van der Waals surface area contributed by atoms with Crippen LogP contribution in [0.15, 0.2) is 0 Å². The molecule has 0 heterocycles. The number of Topliss-reactive ketones (excluding diaryl/α,β-unsaturated/α-hetero) is 1. The Morgan fingerprint density at radius 3 is 1.29 bits per heavy atom. The highest BCUT2D eigenvalue weighted by atomic mass is 16.4. The highest BCUT2D eigenvalue weighted by molar-refractivity contribution is 6.50. The van der Waals surface area contributed by atoms with Crippen LogP contribution in [0.5, 0.6) is 0 Å². The van der Waals surface area contributed by atoms with Gasteiger partial charge in [-0.1, -0.05) is 14.9 Å². The van der Waals surface area contributed by atoms with Gasteiger partial charge in [0.2, 0.25) is 0 Å². The van der Waals surface area contributed by atoms with Crippen LogP contribution in [0.4, 0.5) is 0 Å². The molecule has 92 valence electrons. The minimum absolute atomic E-state index is 0. The molecule has 6 heteroatoms. The lowest BCUT2D eigenvalue weighted by Gasteiger charge is -1.61. The van der Waals surface area contributed by atoms with Crippen LogP contribution < -0.4 is 0 Å². The summed E-state index contributed by atoms with van der Waals surface area (Å²) in [4.78, 5) is 44.0. The molecule has 0 fully saturated rings. The number of carbonyl (C=O) groups is 3. The maximum Gasteiger partial charge on any atom is 0.373 e. The van der Waals surface area contributed by atoms with Gasteiger partial charge in [-0.2, -0.15) is 9.59 Å².